The Morgan fingerprint density at radius 3 is 2.12 bits per heavy atom. The number of hydrogen-bond donors (Lipinski definition) is 1. The molecule has 1 N–H and O–H groups in total. The van der Waals surface area contributed by atoms with E-state index in [9.17, 15) is 9.59 Å². The van der Waals surface area contributed by atoms with Gasteiger partial charge in [0.05, 0.1) is 11.7 Å². The second kappa shape index (κ2) is 9.28. The van der Waals surface area contributed by atoms with Crippen LogP contribution in [0.25, 0.3) is 0 Å². The first kappa shape index (κ1) is 20.9. The van der Waals surface area contributed by atoms with E-state index in [2.05, 4.69) is 22.6 Å². The predicted molar refractivity (Wildman–Crippen MR) is 130 cm³/mol. The van der Waals surface area contributed by atoms with Crippen LogP contribution in [0.15, 0.2) is 90.0 Å². The van der Waals surface area contributed by atoms with E-state index in [1.165, 1.54) is 0 Å². The largest absolute Gasteiger partial charge is 0.339 e. The zero-order valence-corrected chi connectivity index (χ0v) is 18.4. The van der Waals surface area contributed by atoms with Gasteiger partial charge in [-0.2, -0.15) is 5.10 Å². The van der Waals surface area contributed by atoms with E-state index in [0.717, 1.165) is 37.2 Å². The lowest BCUT2D eigenvalue weighted by Gasteiger charge is -2.23. The summed E-state index contributed by atoms with van der Waals surface area (Å²) < 4.78 is 0. The van der Waals surface area contributed by atoms with Gasteiger partial charge in [0.25, 0.3) is 11.8 Å². The van der Waals surface area contributed by atoms with Crippen molar-refractivity contribution in [2.45, 2.75) is 25.3 Å². The Morgan fingerprint density at radius 1 is 0.818 bits per heavy atom. The summed E-state index contributed by atoms with van der Waals surface area (Å²) >= 11 is 0. The van der Waals surface area contributed by atoms with E-state index in [0.29, 0.717) is 23.4 Å². The standard InChI is InChI=1S/C27H26N4O2/c32-26(28-22-15-13-21(14-16-22)27(33)30-17-7-8-18-30)24-19-25(20-9-3-1-4-10-20)31(29-24)23-11-5-2-6-12-23/h1-6,9-16,25H,7-8,17-19H2,(H,28,32). The molecule has 0 aromatic heterocycles. The van der Waals surface area contributed by atoms with Crippen LogP contribution < -0.4 is 10.3 Å². The molecule has 0 spiro atoms. The monoisotopic (exact) mass is 438 g/mol. The van der Waals surface area contributed by atoms with Crippen molar-refractivity contribution in [1.82, 2.24) is 4.90 Å². The van der Waals surface area contributed by atoms with Gasteiger partial charge in [-0.1, -0.05) is 48.5 Å². The molecule has 2 aliphatic heterocycles. The highest BCUT2D eigenvalue weighted by Gasteiger charge is 2.32. The summed E-state index contributed by atoms with van der Waals surface area (Å²) in [6, 6.07) is 27.1. The van der Waals surface area contributed by atoms with E-state index >= 15 is 0 Å². The van der Waals surface area contributed by atoms with Crippen LogP contribution in [-0.4, -0.2) is 35.5 Å². The van der Waals surface area contributed by atoms with Crippen molar-refractivity contribution < 1.29 is 9.59 Å². The fraction of sp³-hybridized carbons (Fsp3) is 0.222. The minimum atomic E-state index is -0.229. The zero-order chi connectivity index (χ0) is 22.6. The molecule has 166 valence electrons. The molecule has 2 heterocycles. The number of benzene rings is 3. The quantitative estimate of drug-likeness (QED) is 0.618. The second-order valence-corrected chi connectivity index (χ2v) is 8.39. The van der Waals surface area contributed by atoms with E-state index in [4.69, 9.17) is 0 Å². The first-order valence-electron chi connectivity index (χ1n) is 11.4. The van der Waals surface area contributed by atoms with Gasteiger partial charge in [-0.15, -0.1) is 0 Å². The molecule has 0 saturated carbocycles. The molecule has 2 amide bonds. The molecule has 3 aromatic rings. The molecule has 0 bridgehead atoms. The van der Waals surface area contributed by atoms with Gasteiger partial charge in [0.2, 0.25) is 0 Å². The highest BCUT2D eigenvalue weighted by molar-refractivity contribution is 6.43. The minimum Gasteiger partial charge on any atom is -0.339 e. The molecule has 0 aliphatic carbocycles. The van der Waals surface area contributed by atoms with Gasteiger partial charge < -0.3 is 10.2 Å². The Balaban J connectivity index is 1.32. The Bertz CT molecular complexity index is 1150. The van der Waals surface area contributed by atoms with E-state index in [1.807, 2.05) is 58.4 Å². The number of hydrazone groups is 1. The summed E-state index contributed by atoms with van der Waals surface area (Å²) in [5, 5.41) is 9.55. The average Bonchev–Trinajstić information content (AvgIpc) is 3.56. The molecule has 1 saturated heterocycles. The smallest absolute Gasteiger partial charge is 0.271 e. The second-order valence-electron chi connectivity index (χ2n) is 8.39. The molecular formula is C27H26N4O2. The first-order chi connectivity index (χ1) is 16.2. The molecule has 1 unspecified atom stereocenters. The third-order valence-corrected chi connectivity index (χ3v) is 6.16. The number of rotatable bonds is 5. The summed E-state index contributed by atoms with van der Waals surface area (Å²) in [5.74, 6) is -0.178. The number of anilines is 2. The van der Waals surface area contributed by atoms with Gasteiger partial charge in [-0.05, 0) is 54.8 Å². The van der Waals surface area contributed by atoms with Gasteiger partial charge >= 0.3 is 0 Å². The van der Waals surface area contributed by atoms with Crippen LogP contribution in [0.5, 0.6) is 0 Å². The van der Waals surface area contributed by atoms with Gasteiger partial charge in [0.1, 0.15) is 5.71 Å². The van der Waals surface area contributed by atoms with Crippen molar-refractivity contribution in [2.24, 2.45) is 5.10 Å². The Kier molecular flexibility index (Phi) is 5.89. The van der Waals surface area contributed by atoms with Crippen LogP contribution in [0.1, 0.15) is 41.2 Å². The Labute approximate surface area is 193 Å². The van der Waals surface area contributed by atoms with Crippen LogP contribution in [0, 0.1) is 0 Å². The number of nitrogens with one attached hydrogen (secondary N) is 1. The zero-order valence-electron chi connectivity index (χ0n) is 18.4. The van der Waals surface area contributed by atoms with Crippen molar-refractivity contribution in [3.8, 4) is 0 Å². The number of likely N-dealkylation sites (tertiary alicyclic amines) is 1. The van der Waals surface area contributed by atoms with Crippen molar-refractivity contribution in [3.63, 3.8) is 0 Å². The van der Waals surface area contributed by atoms with E-state index < -0.39 is 0 Å². The summed E-state index contributed by atoms with van der Waals surface area (Å²) in [5.41, 5.74) is 3.82. The maximum absolute atomic E-state index is 13.1. The number of carbonyl (C=O) groups is 2. The lowest BCUT2D eigenvalue weighted by Crippen LogP contribution is -2.27. The Morgan fingerprint density at radius 2 is 1.45 bits per heavy atom. The lowest BCUT2D eigenvalue weighted by atomic mass is 10.0. The van der Waals surface area contributed by atoms with Gasteiger partial charge in [-0.3, -0.25) is 14.6 Å². The average molecular weight is 439 g/mol. The molecule has 1 atom stereocenters. The van der Waals surface area contributed by atoms with Crippen molar-refractivity contribution in [3.05, 3.63) is 96.1 Å². The number of hydrogen-bond acceptors (Lipinski definition) is 4. The van der Waals surface area contributed by atoms with Crippen molar-refractivity contribution in [2.75, 3.05) is 23.4 Å². The van der Waals surface area contributed by atoms with Crippen LogP contribution >= 0.6 is 0 Å². The molecule has 6 heteroatoms. The molecule has 5 rings (SSSR count). The van der Waals surface area contributed by atoms with Crippen LogP contribution in [-0.2, 0) is 4.79 Å². The maximum atomic E-state index is 13.1. The van der Waals surface area contributed by atoms with Gasteiger partial charge in [0.15, 0.2) is 0 Å². The van der Waals surface area contributed by atoms with Crippen molar-refractivity contribution >= 4 is 28.9 Å². The van der Waals surface area contributed by atoms with E-state index in [1.54, 1.807) is 24.3 Å². The van der Waals surface area contributed by atoms with Gasteiger partial charge in [-0.25, -0.2) is 0 Å². The predicted octanol–water partition coefficient (Wildman–Crippen LogP) is 4.87. The highest BCUT2D eigenvalue weighted by atomic mass is 16.2. The Hall–Kier alpha value is -3.93. The summed E-state index contributed by atoms with van der Waals surface area (Å²) in [6.07, 6.45) is 2.63. The third kappa shape index (κ3) is 4.51. The fourth-order valence-corrected chi connectivity index (χ4v) is 4.40. The molecule has 33 heavy (non-hydrogen) atoms. The minimum absolute atomic E-state index is 0.0465. The summed E-state index contributed by atoms with van der Waals surface area (Å²) in [7, 11) is 0. The normalized spacial score (nSPS) is 17.7. The van der Waals surface area contributed by atoms with Crippen LogP contribution in [0.2, 0.25) is 0 Å². The number of para-hydroxylation sites is 1. The molecule has 2 aliphatic rings. The molecule has 3 aromatic carbocycles. The molecular weight excluding hydrogens is 412 g/mol. The third-order valence-electron chi connectivity index (χ3n) is 6.16. The summed E-state index contributed by atoms with van der Waals surface area (Å²) in [4.78, 5) is 27.5. The number of nitrogens with zero attached hydrogens (tertiary/aromatic N) is 3. The van der Waals surface area contributed by atoms with Crippen molar-refractivity contribution in [1.29, 1.82) is 0 Å². The van der Waals surface area contributed by atoms with Gasteiger partial charge in [0, 0.05) is 30.8 Å². The number of amides is 2. The molecule has 6 nitrogen and oxygen atoms in total. The molecule has 1 fully saturated rings. The highest BCUT2D eigenvalue weighted by Crippen LogP contribution is 2.35. The lowest BCUT2D eigenvalue weighted by molar-refractivity contribution is -0.110. The topological polar surface area (TPSA) is 65.0 Å². The fourth-order valence-electron chi connectivity index (χ4n) is 4.40. The first-order valence-corrected chi connectivity index (χ1v) is 11.4. The van der Waals surface area contributed by atoms with E-state index in [-0.39, 0.29) is 17.9 Å². The maximum Gasteiger partial charge on any atom is 0.271 e. The molecule has 0 radical (unpaired) electrons. The number of carbonyl (C=O) groups excluding carboxylic acids is 2. The summed E-state index contributed by atoms with van der Waals surface area (Å²) in [6.45, 7) is 1.63. The SMILES string of the molecule is O=C(Nc1ccc(C(=O)N2CCCC2)cc1)C1=NN(c2ccccc2)C(c2ccccc2)C1. The van der Waals surface area contributed by atoms with Crippen LogP contribution in [0.3, 0.4) is 0 Å². The van der Waals surface area contributed by atoms with Crippen LogP contribution in [0.4, 0.5) is 11.4 Å².